The smallest absolute Gasteiger partial charge is 0.250 e. The Morgan fingerprint density at radius 3 is 3.00 bits per heavy atom. The highest BCUT2D eigenvalue weighted by atomic mass is 19.1. The van der Waals surface area contributed by atoms with Gasteiger partial charge in [-0.3, -0.25) is 9.69 Å². The van der Waals surface area contributed by atoms with Crippen LogP contribution < -0.4 is 5.73 Å². The first-order chi connectivity index (χ1) is 10.9. The Hall–Kier alpha value is -1.99. The van der Waals surface area contributed by atoms with Crippen LogP contribution in [0.1, 0.15) is 25.6 Å². The van der Waals surface area contributed by atoms with E-state index < -0.39 is 11.5 Å². The number of hydrogen-bond donors (Lipinski definition) is 2. The SMILES string of the molecule is CCn1c(CN2CCC[C@](O)(C(N)=O)C2)nc2cc(F)ccc21. The standard InChI is InChI=1S/C16H21FN4O2/c1-2-21-13-5-4-11(17)8-12(13)19-14(21)9-20-7-3-6-16(23,10-20)15(18)22/h4-5,8,23H,2-3,6-7,9-10H2,1H3,(H2,18,22)/t16-/m1/s1. The highest BCUT2D eigenvalue weighted by molar-refractivity contribution is 5.83. The van der Waals surface area contributed by atoms with E-state index in [4.69, 9.17) is 5.73 Å². The maximum atomic E-state index is 13.4. The number of carbonyl (C=O) groups excluding carboxylic acids is 1. The Morgan fingerprint density at radius 1 is 1.52 bits per heavy atom. The van der Waals surface area contributed by atoms with E-state index in [1.165, 1.54) is 12.1 Å². The molecule has 1 aromatic carbocycles. The first-order valence-corrected chi connectivity index (χ1v) is 7.82. The van der Waals surface area contributed by atoms with E-state index >= 15 is 0 Å². The van der Waals surface area contributed by atoms with Gasteiger partial charge in [0, 0.05) is 19.2 Å². The fourth-order valence-corrected chi connectivity index (χ4v) is 3.29. The molecule has 3 N–H and O–H groups in total. The summed E-state index contributed by atoms with van der Waals surface area (Å²) in [6, 6.07) is 4.56. The average molecular weight is 320 g/mol. The molecule has 23 heavy (non-hydrogen) atoms. The lowest BCUT2D eigenvalue weighted by Crippen LogP contribution is -2.55. The van der Waals surface area contributed by atoms with Gasteiger partial charge in [-0.15, -0.1) is 0 Å². The van der Waals surface area contributed by atoms with E-state index in [-0.39, 0.29) is 12.4 Å². The molecule has 2 heterocycles. The molecular weight excluding hydrogens is 299 g/mol. The number of rotatable bonds is 4. The Labute approximate surface area is 133 Å². The number of primary amides is 1. The molecule has 1 amide bonds. The molecule has 3 rings (SSSR count). The summed E-state index contributed by atoms with van der Waals surface area (Å²) in [5, 5.41) is 10.3. The number of carbonyl (C=O) groups is 1. The topological polar surface area (TPSA) is 84.4 Å². The quantitative estimate of drug-likeness (QED) is 0.880. The number of aliphatic hydroxyl groups is 1. The van der Waals surface area contributed by atoms with E-state index in [1.807, 2.05) is 16.4 Å². The van der Waals surface area contributed by atoms with Crippen molar-refractivity contribution in [3.63, 3.8) is 0 Å². The molecule has 2 aromatic rings. The zero-order valence-corrected chi connectivity index (χ0v) is 13.1. The molecule has 0 spiro atoms. The first-order valence-electron chi connectivity index (χ1n) is 7.82. The predicted molar refractivity (Wildman–Crippen MR) is 84.0 cm³/mol. The maximum absolute atomic E-state index is 13.4. The summed E-state index contributed by atoms with van der Waals surface area (Å²) in [4.78, 5) is 17.9. The van der Waals surface area contributed by atoms with Crippen molar-refractivity contribution >= 4 is 16.9 Å². The van der Waals surface area contributed by atoms with E-state index in [2.05, 4.69) is 4.98 Å². The second-order valence-electron chi connectivity index (χ2n) is 6.12. The van der Waals surface area contributed by atoms with Gasteiger partial charge in [0.25, 0.3) is 5.91 Å². The third-order valence-corrected chi connectivity index (χ3v) is 4.48. The normalized spacial score (nSPS) is 22.6. The van der Waals surface area contributed by atoms with Crippen LogP contribution >= 0.6 is 0 Å². The Kier molecular flexibility index (Phi) is 4.08. The maximum Gasteiger partial charge on any atom is 0.250 e. The van der Waals surface area contributed by atoms with Gasteiger partial charge in [0.1, 0.15) is 11.6 Å². The number of amides is 1. The average Bonchev–Trinajstić information content (AvgIpc) is 2.83. The number of aryl methyl sites for hydroxylation is 1. The number of nitrogens with two attached hydrogens (primary N) is 1. The number of fused-ring (bicyclic) bond motifs is 1. The molecule has 1 aromatic heterocycles. The summed E-state index contributed by atoms with van der Waals surface area (Å²) >= 11 is 0. The predicted octanol–water partition coefficient (Wildman–Crippen LogP) is 1.01. The number of piperidine rings is 1. The molecule has 124 valence electrons. The molecule has 0 saturated carbocycles. The van der Waals surface area contributed by atoms with Crippen LogP contribution in [0.5, 0.6) is 0 Å². The van der Waals surface area contributed by atoms with Gasteiger partial charge in [-0.1, -0.05) is 0 Å². The molecule has 0 bridgehead atoms. The molecule has 1 fully saturated rings. The number of likely N-dealkylation sites (tertiary alicyclic amines) is 1. The lowest BCUT2D eigenvalue weighted by molar-refractivity contribution is -0.142. The molecule has 0 radical (unpaired) electrons. The number of halogens is 1. The van der Waals surface area contributed by atoms with E-state index in [9.17, 15) is 14.3 Å². The van der Waals surface area contributed by atoms with E-state index in [1.54, 1.807) is 6.07 Å². The fourth-order valence-electron chi connectivity index (χ4n) is 3.29. The van der Waals surface area contributed by atoms with Crippen LogP contribution in [-0.2, 0) is 17.9 Å². The summed E-state index contributed by atoms with van der Waals surface area (Å²) < 4.78 is 15.4. The van der Waals surface area contributed by atoms with Crippen LogP contribution in [0.25, 0.3) is 11.0 Å². The van der Waals surface area contributed by atoms with Crippen LogP contribution in [-0.4, -0.2) is 44.2 Å². The van der Waals surface area contributed by atoms with Crippen molar-refractivity contribution < 1.29 is 14.3 Å². The molecule has 6 nitrogen and oxygen atoms in total. The first kappa shape index (κ1) is 15.9. The highest BCUT2D eigenvalue weighted by Crippen LogP contribution is 2.24. The molecular formula is C16H21FN4O2. The highest BCUT2D eigenvalue weighted by Gasteiger charge is 2.38. The lowest BCUT2D eigenvalue weighted by Gasteiger charge is -2.36. The van der Waals surface area contributed by atoms with Crippen molar-refractivity contribution in [3.8, 4) is 0 Å². The van der Waals surface area contributed by atoms with Crippen molar-refractivity contribution in [1.29, 1.82) is 0 Å². The minimum atomic E-state index is -1.48. The summed E-state index contributed by atoms with van der Waals surface area (Å²) in [5.41, 5.74) is 5.33. The Balaban J connectivity index is 1.87. The van der Waals surface area contributed by atoms with E-state index in [0.717, 1.165) is 17.9 Å². The molecule has 0 aliphatic carbocycles. The molecule has 1 aliphatic heterocycles. The third-order valence-electron chi connectivity index (χ3n) is 4.48. The lowest BCUT2D eigenvalue weighted by atomic mass is 9.92. The molecule has 1 saturated heterocycles. The number of aromatic nitrogens is 2. The summed E-state index contributed by atoms with van der Waals surface area (Å²) in [7, 11) is 0. The van der Waals surface area contributed by atoms with E-state index in [0.29, 0.717) is 31.4 Å². The van der Waals surface area contributed by atoms with Gasteiger partial charge in [0.15, 0.2) is 5.60 Å². The molecule has 7 heteroatoms. The van der Waals surface area contributed by atoms with Gasteiger partial charge in [0.05, 0.1) is 17.6 Å². The van der Waals surface area contributed by atoms with Crippen molar-refractivity contribution in [3.05, 3.63) is 29.8 Å². The van der Waals surface area contributed by atoms with Gasteiger partial charge in [0.2, 0.25) is 0 Å². The van der Waals surface area contributed by atoms with Crippen molar-refractivity contribution in [1.82, 2.24) is 14.5 Å². The van der Waals surface area contributed by atoms with Crippen LogP contribution in [0.4, 0.5) is 4.39 Å². The summed E-state index contributed by atoms with van der Waals surface area (Å²) in [6.07, 6.45) is 1.08. The Bertz CT molecular complexity index is 745. The van der Waals surface area contributed by atoms with Crippen molar-refractivity contribution in [2.45, 2.75) is 38.5 Å². The summed E-state index contributed by atoms with van der Waals surface area (Å²) in [6.45, 7) is 4.16. The zero-order chi connectivity index (χ0) is 16.6. The zero-order valence-electron chi connectivity index (χ0n) is 13.1. The number of hydrogen-bond acceptors (Lipinski definition) is 4. The van der Waals surface area contributed by atoms with Crippen LogP contribution in [0, 0.1) is 5.82 Å². The number of benzene rings is 1. The van der Waals surface area contributed by atoms with Crippen LogP contribution in [0.2, 0.25) is 0 Å². The minimum Gasteiger partial charge on any atom is -0.379 e. The minimum absolute atomic E-state index is 0.198. The van der Waals surface area contributed by atoms with Crippen molar-refractivity contribution in [2.24, 2.45) is 5.73 Å². The second kappa shape index (κ2) is 5.90. The van der Waals surface area contributed by atoms with Gasteiger partial charge in [-0.2, -0.15) is 0 Å². The second-order valence-corrected chi connectivity index (χ2v) is 6.12. The van der Waals surface area contributed by atoms with Crippen LogP contribution in [0.3, 0.4) is 0 Å². The third kappa shape index (κ3) is 2.94. The summed E-state index contributed by atoms with van der Waals surface area (Å²) in [5.74, 6) is -0.207. The number of imidazole rings is 1. The monoisotopic (exact) mass is 320 g/mol. The fraction of sp³-hybridized carbons (Fsp3) is 0.500. The van der Waals surface area contributed by atoms with Gasteiger partial charge >= 0.3 is 0 Å². The molecule has 0 unspecified atom stereocenters. The van der Waals surface area contributed by atoms with Gasteiger partial charge < -0.3 is 15.4 Å². The molecule has 1 aliphatic rings. The molecule has 1 atom stereocenters. The van der Waals surface area contributed by atoms with Crippen LogP contribution in [0.15, 0.2) is 18.2 Å². The number of nitrogens with zero attached hydrogens (tertiary/aromatic N) is 3. The van der Waals surface area contributed by atoms with Crippen molar-refractivity contribution in [2.75, 3.05) is 13.1 Å². The number of β-amino-alcohol motifs (C(OH)–C–C–N with tert-alkyl or cyclic N) is 1. The Morgan fingerprint density at radius 2 is 2.30 bits per heavy atom. The van der Waals surface area contributed by atoms with Gasteiger partial charge in [-0.25, -0.2) is 9.37 Å². The largest absolute Gasteiger partial charge is 0.379 e. The van der Waals surface area contributed by atoms with Gasteiger partial charge in [-0.05, 0) is 38.4 Å².